The second kappa shape index (κ2) is 10.6. The summed E-state index contributed by atoms with van der Waals surface area (Å²) in [6.45, 7) is 3.71. The molecule has 7 heteroatoms. The highest BCUT2D eigenvalue weighted by atomic mass is 19.4. The number of aryl methyl sites for hydroxylation is 1. The molecule has 0 aliphatic carbocycles. The molecule has 0 N–H and O–H groups in total. The Hall–Kier alpha value is -4.39. The number of rotatable bonds is 6. The summed E-state index contributed by atoms with van der Waals surface area (Å²) >= 11 is 0. The van der Waals surface area contributed by atoms with E-state index in [9.17, 15) is 22.0 Å². The molecule has 0 radical (unpaired) electrons. The van der Waals surface area contributed by atoms with Gasteiger partial charge in [0.05, 0.1) is 0 Å². The van der Waals surface area contributed by atoms with E-state index in [0.29, 0.717) is 22.9 Å². The van der Waals surface area contributed by atoms with Crippen molar-refractivity contribution < 1.29 is 30.7 Å². The number of benzene rings is 5. The van der Waals surface area contributed by atoms with Crippen molar-refractivity contribution in [3.63, 3.8) is 0 Å². The lowest BCUT2D eigenvalue weighted by Crippen LogP contribution is -2.11. The number of allylic oxidation sites excluding steroid dienone is 1. The van der Waals surface area contributed by atoms with E-state index in [1.807, 2.05) is 18.2 Å². The van der Waals surface area contributed by atoms with E-state index in [2.05, 4.69) is 6.58 Å². The van der Waals surface area contributed by atoms with Crippen LogP contribution < -0.4 is 0 Å². The average Bonchev–Trinajstić information content (AvgIpc) is 2.91. The number of hydrogen-bond donors (Lipinski definition) is 0. The number of alkyl halides is 3. The summed E-state index contributed by atoms with van der Waals surface area (Å²) in [5, 5.41) is 1.10. The fraction of sp³-hybridized carbons (Fsp3) is 0.0909. The highest BCUT2D eigenvalue weighted by Crippen LogP contribution is 2.40. The zero-order chi connectivity index (χ0) is 28.6. The van der Waals surface area contributed by atoms with Crippen molar-refractivity contribution in [2.75, 3.05) is 0 Å². The van der Waals surface area contributed by atoms with Gasteiger partial charge in [0.25, 0.3) is 0 Å². The van der Waals surface area contributed by atoms with Gasteiger partial charge in [-0.25, -0.2) is 17.6 Å². The third-order valence-corrected chi connectivity index (χ3v) is 6.79. The highest BCUT2D eigenvalue weighted by molar-refractivity contribution is 5.90. The Labute approximate surface area is 226 Å². The van der Waals surface area contributed by atoms with Gasteiger partial charge in [-0.15, -0.1) is 6.58 Å². The Morgan fingerprint density at radius 2 is 1.27 bits per heavy atom. The van der Waals surface area contributed by atoms with E-state index in [-0.39, 0.29) is 33.4 Å². The van der Waals surface area contributed by atoms with Crippen LogP contribution in [0.5, 0.6) is 0 Å². The van der Waals surface area contributed by atoms with Gasteiger partial charge in [-0.3, -0.25) is 0 Å². The zero-order valence-electron chi connectivity index (χ0n) is 20.9. The lowest BCUT2D eigenvalue weighted by molar-refractivity contribution is -0.142. The van der Waals surface area contributed by atoms with Gasteiger partial charge in [0.15, 0.2) is 0 Å². The van der Waals surface area contributed by atoms with Crippen LogP contribution >= 0.6 is 0 Å². The molecular formula is C33H21F7. The third-order valence-electron chi connectivity index (χ3n) is 6.79. The second-order valence-electron chi connectivity index (χ2n) is 9.36. The zero-order valence-corrected chi connectivity index (χ0v) is 20.9. The molecule has 40 heavy (non-hydrogen) atoms. The quantitative estimate of drug-likeness (QED) is 0.146. The van der Waals surface area contributed by atoms with Crippen LogP contribution in [0.25, 0.3) is 44.2 Å². The predicted octanol–water partition coefficient (Wildman–Crippen LogP) is 10.5. The molecule has 0 saturated heterocycles. The molecule has 0 atom stereocenters. The normalized spacial score (nSPS) is 11.7. The lowest BCUT2D eigenvalue weighted by Gasteiger charge is -2.15. The fourth-order valence-corrected chi connectivity index (χ4v) is 4.86. The molecule has 0 aliphatic heterocycles. The largest absolute Gasteiger partial charge is 0.422 e. The van der Waals surface area contributed by atoms with Gasteiger partial charge in [-0.2, -0.15) is 13.2 Å². The number of hydrogen-bond acceptors (Lipinski definition) is 0. The number of fused-ring (bicyclic) bond motifs is 1. The minimum absolute atomic E-state index is 0.0353. The molecule has 202 valence electrons. The molecule has 0 aliphatic rings. The lowest BCUT2D eigenvalue weighted by atomic mass is 9.91. The molecule has 0 aromatic heterocycles. The summed E-state index contributed by atoms with van der Waals surface area (Å²) in [5.41, 5.74) is -0.294. The molecule has 5 aromatic carbocycles. The molecule has 0 amide bonds. The van der Waals surface area contributed by atoms with E-state index in [1.165, 1.54) is 30.3 Å². The van der Waals surface area contributed by atoms with Gasteiger partial charge in [-0.05, 0) is 64.2 Å². The van der Waals surface area contributed by atoms with Gasteiger partial charge in [-0.1, -0.05) is 72.8 Å². The molecule has 5 rings (SSSR count). The van der Waals surface area contributed by atoms with Gasteiger partial charge in [0, 0.05) is 16.5 Å². The Morgan fingerprint density at radius 3 is 1.93 bits per heavy atom. The Kier molecular flexibility index (Phi) is 7.23. The van der Waals surface area contributed by atoms with Crippen LogP contribution in [0.3, 0.4) is 0 Å². The second-order valence-corrected chi connectivity index (χ2v) is 9.36. The molecule has 5 aromatic rings. The van der Waals surface area contributed by atoms with Crippen LogP contribution in [0.2, 0.25) is 0 Å². The topological polar surface area (TPSA) is 0 Å². The Bertz CT molecular complexity index is 1730. The van der Waals surface area contributed by atoms with Gasteiger partial charge < -0.3 is 0 Å². The highest BCUT2D eigenvalue weighted by Gasteiger charge is 2.38. The summed E-state index contributed by atoms with van der Waals surface area (Å²) < 4.78 is 98.7. The molecule has 0 nitrogen and oxygen atoms in total. The first-order chi connectivity index (χ1) is 19.1. The van der Waals surface area contributed by atoms with Crippen LogP contribution in [0.15, 0.2) is 97.6 Å². The van der Waals surface area contributed by atoms with Gasteiger partial charge in [0.1, 0.15) is 28.8 Å². The van der Waals surface area contributed by atoms with Crippen molar-refractivity contribution >= 4 is 10.8 Å². The molecule has 0 spiro atoms. The van der Waals surface area contributed by atoms with E-state index >= 15 is 8.78 Å². The van der Waals surface area contributed by atoms with Crippen LogP contribution in [0, 0.1) is 23.3 Å². The summed E-state index contributed by atoms with van der Waals surface area (Å²) in [5.74, 6) is -4.78. The van der Waals surface area contributed by atoms with Crippen LogP contribution in [0.4, 0.5) is 30.7 Å². The Morgan fingerprint density at radius 1 is 0.625 bits per heavy atom. The third kappa shape index (κ3) is 5.11. The first-order valence-corrected chi connectivity index (χ1v) is 12.4. The van der Waals surface area contributed by atoms with Crippen LogP contribution in [0.1, 0.15) is 17.5 Å². The van der Waals surface area contributed by atoms with E-state index < -0.39 is 35.0 Å². The van der Waals surface area contributed by atoms with Crippen molar-refractivity contribution in [1.29, 1.82) is 0 Å². The molecule has 0 saturated carbocycles. The number of halogens is 7. The van der Waals surface area contributed by atoms with Crippen molar-refractivity contribution in [3.8, 4) is 33.4 Å². The molecular weight excluding hydrogens is 529 g/mol. The summed E-state index contributed by atoms with van der Waals surface area (Å²) in [7, 11) is 0. The smallest absolute Gasteiger partial charge is 0.206 e. The van der Waals surface area contributed by atoms with E-state index in [4.69, 9.17) is 0 Å². The fourth-order valence-electron chi connectivity index (χ4n) is 4.86. The summed E-state index contributed by atoms with van der Waals surface area (Å²) in [4.78, 5) is 0. The molecule has 0 heterocycles. The monoisotopic (exact) mass is 550 g/mol. The van der Waals surface area contributed by atoms with Gasteiger partial charge >= 0.3 is 6.18 Å². The van der Waals surface area contributed by atoms with E-state index in [0.717, 1.165) is 24.5 Å². The minimum atomic E-state index is -5.21. The van der Waals surface area contributed by atoms with Crippen LogP contribution in [-0.4, -0.2) is 0 Å². The molecule has 0 bridgehead atoms. The maximum atomic E-state index is 15.5. The van der Waals surface area contributed by atoms with Crippen molar-refractivity contribution in [2.45, 2.75) is 19.0 Å². The minimum Gasteiger partial charge on any atom is -0.206 e. The SMILES string of the molecule is C=CCCc1ccc2c(F)c(-c3ccc(-c4ccccc4-c4cc(F)c(C(F)(F)F)c(F)c4)c(F)c3)ccc2c1. The molecule has 0 fully saturated rings. The van der Waals surface area contributed by atoms with Crippen molar-refractivity contribution in [3.05, 3.63) is 132 Å². The first-order valence-electron chi connectivity index (χ1n) is 12.4. The van der Waals surface area contributed by atoms with Crippen LogP contribution in [-0.2, 0) is 12.6 Å². The summed E-state index contributed by atoms with van der Waals surface area (Å²) in [6, 6.07) is 20.0. The van der Waals surface area contributed by atoms with Crippen molar-refractivity contribution in [2.24, 2.45) is 0 Å². The van der Waals surface area contributed by atoms with E-state index in [1.54, 1.807) is 24.3 Å². The summed E-state index contributed by atoms with van der Waals surface area (Å²) in [6.07, 6.45) is -1.82. The average molecular weight is 551 g/mol. The van der Waals surface area contributed by atoms with Gasteiger partial charge in [0.2, 0.25) is 0 Å². The maximum Gasteiger partial charge on any atom is 0.422 e. The van der Waals surface area contributed by atoms with Crippen molar-refractivity contribution in [1.82, 2.24) is 0 Å². The standard InChI is InChI=1S/C33H21F7/c1-2-3-6-19-9-12-24-20(15-19)10-13-25(32(24)37)21-11-14-27(28(34)16-21)26-8-5-4-7-23(26)22-17-29(35)31(30(36)18-22)33(38,39)40/h2,4-5,7-18H,1,3,6H2. The molecule has 0 unspecified atom stereocenters. The first kappa shape index (κ1) is 27.2. The Balaban J connectivity index is 1.54. The maximum absolute atomic E-state index is 15.5. The predicted molar refractivity (Wildman–Crippen MR) is 144 cm³/mol.